The van der Waals surface area contributed by atoms with Gasteiger partial charge in [-0.15, -0.1) is 0 Å². The molecule has 104 valence electrons. The highest BCUT2D eigenvalue weighted by atomic mass is 16.5. The number of hydrogen-bond donors (Lipinski definition) is 2. The summed E-state index contributed by atoms with van der Waals surface area (Å²) in [4.78, 5) is 0. The third-order valence-corrected chi connectivity index (χ3v) is 5.06. The lowest BCUT2D eigenvalue weighted by atomic mass is 9.69. The van der Waals surface area contributed by atoms with Crippen LogP contribution in [0.1, 0.15) is 37.5 Å². The van der Waals surface area contributed by atoms with Gasteiger partial charge in [-0.1, -0.05) is 68.4 Å². The van der Waals surface area contributed by atoms with Gasteiger partial charge in [0.05, 0.1) is 5.41 Å². The van der Waals surface area contributed by atoms with E-state index in [-0.39, 0.29) is 0 Å². The van der Waals surface area contributed by atoms with Crippen molar-refractivity contribution in [1.82, 2.24) is 0 Å². The van der Waals surface area contributed by atoms with Crippen LogP contribution in [0.15, 0.2) is 54.6 Å². The van der Waals surface area contributed by atoms with Gasteiger partial charge < -0.3 is 10.2 Å². The van der Waals surface area contributed by atoms with Crippen LogP contribution in [0.3, 0.4) is 0 Å². The minimum atomic E-state index is -1.84. The molecule has 20 heavy (non-hydrogen) atoms. The summed E-state index contributed by atoms with van der Waals surface area (Å²) in [6, 6.07) is 17.6. The lowest BCUT2D eigenvalue weighted by molar-refractivity contribution is -0.229. The van der Waals surface area contributed by atoms with E-state index in [1.165, 1.54) is 0 Å². The van der Waals surface area contributed by atoms with Gasteiger partial charge in [-0.25, -0.2) is 0 Å². The van der Waals surface area contributed by atoms with Gasteiger partial charge in [0.2, 0.25) is 0 Å². The molecule has 0 spiro atoms. The molecule has 1 aliphatic rings. The molecule has 2 N–H and O–H groups in total. The first-order valence-electron chi connectivity index (χ1n) is 6.94. The molecule has 1 atom stereocenters. The predicted octanol–water partition coefficient (Wildman–Crippen LogP) is 2.96. The van der Waals surface area contributed by atoms with Crippen molar-refractivity contribution in [3.63, 3.8) is 0 Å². The molecule has 0 aliphatic heterocycles. The zero-order valence-electron chi connectivity index (χ0n) is 12.1. The third-order valence-electron chi connectivity index (χ3n) is 5.06. The lowest BCUT2D eigenvalue weighted by Crippen LogP contribution is -2.56. The topological polar surface area (TPSA) is 40.5 Å². The van der Waals surface area contributed by atoms with E-state index in [1.807, 2.05) is 75.4 Å². The van der Waals surface area contributed by atoms with E-state index in [2.05, 4.69) is 0 Å². The summed E-state index contributed by atoms with van der Waals surface area (Å²) in [5, 5.41) is 21.9. The fourth-order valence-electron chi connectivity index (χ4n) is 3.59. The summed E-state index contributed by atoms with van der Waals surface area (Å²) in [6.07, 6.45) is 0. The Kier molecular flexibility index (Phi) is 2.63. The Labute approximate surface area is 119 Å². The smallest absolute Gasteiger partial charge is 0.185 e. The number of hydrogen-bond acceptors (Lipinski definition) is 2. The second kappa shape index (κ2) is 3.94. The molecule has 2 heteroatoms. The molecule has 0 fully saturated rings. The SMILES string of the molecule is CC1(C)c2ccccc2C(C)(c2ccccc2)C1(O)O. The van der Waals surface area contributed by atoms with Crippen LogP contribution in [0.25, 0.3) is 0 Å². The van der Waals surface area contributed by atoms with E-state index >= 15 is 0 Å². The predicted molar refractivity (Wildman–Crippen MR) is 79.5 cm³/mol. The monoisotopic (exact) mass is 268 g/mol. The maximum absolute atomic E-state index is 11.0. The molecule has 1 unspecified atom stereocenters. The molecule has 2 nitrogen and oxygen atoms in total. The molecule has 0 saturated carbocycles. The average Bonchev–Trinajstić information content (AvgIpc) is 2.58. The van der Waals surface area contributed by atoms with E-state index in [0.717, 1.165) is 16.7 Å². The van der Waals surface area contributed by atoms with Crippen molar-refractivity contribution in [1.29, 1.82) is 0 Å². The van der Waals surface area contributed by atoms with E-state index in [9.17, 15) is 10.2 Å². The highest BCUT2D eigenvalue weighted by Crippen LogP contribution is 2.57. The average molecular weight is 268 g/mol. The summed E-state index contributed by atoms with van der Waals surface area (Å²) in [6.45, 7) is 5.69. The van der Waals surface area contributed by atoms with Crippen molar-refractivity contribution in [2.45, 2.75) is 37.4 Å². The van der Waals surface area contributed by atoms with E-state index in [0.29, 0.717) is 0 Å². The maximum Gasteiger partial charge on any atom is 0.185 e. The highest BCUT2D eigenvalue weighted by molar-refractivity contribution is 5.55. The summed E-state index contributed by atoms with van der Waals surface area (Å²) >= 11 is 0. The van der Waals surface area contributed by atoms with E-state index in [1.54, 1.807) is 0 Å². The Bertz CT molecular complexity index is 643. The number of aliphatic hydroxyl groups is 2. The third kappa shape index (κ3) is 1.36. The van der Waals surface area contributed by atoms with Crippen LogP contribution in [0.5, 0.6) is 0 Å². The summed E-state index contributed by atoms with van der Waals surface area (Å²) < 4.78 is 0. The molecule has 2 aromatic rings. The molecular formula is C18H20O2. The zero-order valence-corrected chi connectivity index (χ0v) is 12.1. The van der Waals surface area contributed by atoms with Gasteiger partial charge in [0, 0.05) is 5.41 Å². The Morgan fingerprint density at radius 1 is 0.700 bits per heavy atom. The van der Waals surface area contributed by atoms with Gasteiger partial charge in [-0.2, -0.15) is 0 Å². The largest absolute Gasteiger partial charge is 0.364 e. The molecule has 3 rings (SSSR count). The molecule has 0 heterocycles. The van der Waals surface area contributed by atoms with E-state index in [4.69, 9.17) is 0 Å². The quantitative estimate of drug-likeness (QED) is 0.781. The normalized spacial score (nSPS) is 26.2. The summed E-state index contributed by atoms with van der Waals surface area (Å²) in [5.74, 6) is -1.84. The van der Waals surface area contributed by atoms with Gasteiger partial charge in [0.1, 0.15) is 0 Å². The molecule has 0 amide bonds. The van der Waals surface area contributed by atoms with Crippen LogP contribution in [-0.4, -0.2) is 16.0 Å². The second-order valence-electron chi connectivity index (χ2n) is 6.33. The van der Waals surface area contributed by atoms with Crippen LogP contribution in [0, 0.1) is 0 Å². The first-order valence-corrected chi connectivity index (χ1v) is 6.94. The first kappa shape index (κ1) is 13.3. The van der Waals surface area contributed by atoms with Crippen LogP contribution in [0.2, 0.25) is 0 Å². The van der Waals surface area contributed by atoms with Crippen LogP contribution < -0.4 is 0 Å². The summed E-state index contributed by atoms with van der Waals surface area (Å²) in [7, 11) is 0. The van der Waals surface area contributed by atoms with Crippen molar-refractivity contribution in [3.05, 3.63) is 71.3 Å². The first-order chi connectivity index (χ1) is 9.33. The van der Waals surface area contributed by atoms with Crippen LogP contribution in [-0.2, 0) is 10.8 Å². The van der Waals surface area contributed by atoms with Crippen LogP contribution in [0.4, 0.5) is 0 Å². The molecule has 1 aliphatic carbocycles. The molecular weight excluding hydrogens is 248 g/mol. The fourth-order valence-corrected chi connectivity index (χ4v) is 3.59. The molecule has 2 aromatic carbocycles. The minimum Gasteiger partial charge on any atom is -0.364 e. The minimum absolute atomic E-state index is 0.728. The maximum atomic E-state index is 11.0. The Hall–Kier alpha value is -1.64. The van der Waals surface area contributed by atoms with Crippen molar-refractivity contribution in [3.8, 4) is 0 Å². The van der Waals surface area contributed by atoms with Crippen molar-refractivity contribution in [2.75, 3.05) is 0 Å². The number of benzene rings is 2. The second-order valence-corrected chi connectivity index (χ2v) is 6.33. The van der Waals surface area contributed by atoms with Gasteiger partial charge >= 0.3 is 0 Å². The van der Waals surface area contributed by atoms with E-state index < -0.39 is 16.6 Å². The molecule has 0 bridgehead atoms. The molecule has 0 saturated heterocycles. The summed E-state index contributed by atoms with van der Waals surface area (Å²) in [5.41, 5.74) is 1.34. The lowest BCUT2D eigenvalue weighted by Gasteiger charge is -2.43. The molecule has 0 radical (unpaired) electrons. The van der Waals surface area contributed by atoms with Gasteiger partial charge in [0.15, 0.2) is 5.79 Å². The van der Waals surface area contributed by atoms with Gasteiger partial charge in [-0.05, 0) is 23.6 Å². The zero-order chi connectivity index (χ0) is 14.6. The standard InChI is InChI=1S/C18H20O2/c1-16(2)14-11-7-8-12-15(14)17(3,18(16,19)20)13-9-5-4-6-10-13/h4-12,19-20H,1-3H3. The Morgan fingerprint density at radius 2 is 1.20 bits per heavy atom. The highest BCUT2D eigenvalue weighted by Gasteiger charge is 2.64. The number of fused-ring (bicyclic) bond motifs is 1. The Morgan fingerprint density at radius 3 is 1.80 bits per heavy atom. The molecule has 0 aromatic heterocycles. The van der Waals surface area contributed by atoms with Crippen molar-refractivity contribution >= 4 is 0 Å². The van der Waals surface area contributed by atoms with Gasteiger partial charge in [0.25, 0.3) is 0 Å². The number of rotatable bonds is 1. The fraction of sp³-hybridized carbons (Fsp3) is 0.333. The van der Waals surface area contributed by atoms with Crippen molar-refractivity contribution in [2.24, 2.45) is 0 Å². The van der Waals surface area contributed by atoms with Crippen molar-refractivity contribution < 1.29 is 10.2 Å². The van der Waals surface area contributed by atoms with Gasteiger partial charge in [-0.3, -0.25) is 0 Å². The van der Waals surface area contributed by atoms with Crippen LogP contribution >= 0.6 is 0 Å². The Balaban J connectivity index is 2.36.